The average molecular weight is 459 g/mol. The van der Waals surface area contributed by atoms with Crippen LogP contribution < -0.4 is 10.2 Å². The summed E-state index contributed by atoms with van der Waals surface area (Å²) in [7, 11) is -3.83. The number of nitrogens with zero attached hydrogens (tertiary/aromatic N) is 5. The first-order chi connectivity index (χ1) is 15.4. The first-order valence-electron chi connectivity index (χ1n) is 10.2. The van der Waals surface area contributed by atoms with Gasteiger partial charge in [0.05, 0.1) is 5.75 Å². The van der Waals surface area contributed by atoms with E-state index in [4.69, 9.17) is 4.74 Å². The molecule has 0 atom stereocenters. The fourth-order valence-corrected chi connectivity index (χ4v) is 4.29. The Labute approximate surface area is 187 Å². The van der Waals surface area contributed by atoms with Gasteiger partial charge in [-0.15, -0.1) is 0 Å². The van der Waals surface area contributed by atoms with Gasteiger partial charge in [-0.1, -0.05) is 0 Å². The fraction of sp³-hybridized carbons (Fsp3) is 0.333. The van der Waals surface area contributed by atoms with Crippen LogP contribution in [0.4, 0.5) is 16.2 Å². The van der Waals surface area contributed by atoms with Crippen LogP contribution in [-0.2, 0) is 14.6 Å². The Morgan fingerprint density at radius 3 is 2.50 bits per heavy atom. The number of sulfone groups is 1. The number of nitrogens with one attached hydrogen (secondary N) is 1. The van der Waals surface area contributed by atoms with E-state index in [-0.39, 0.29) is 17.7 Å². The van der Waals surface area contributed by atoms with Crippen LogP contribution in [0.3, 0.4) is 0 Å². The number of carbonyl (C=O) groups is 1. The Morgan fingerprint density at radius 1 is 1.12 bits per heavy atom. The summed E-state index contributed by atoms with van der Waals surface area (Å²) in [4.78, 5) is 26.4. The number of hydrogen-bond acceptors (Lipinski definition) is 8. The molecule has 0 aliphatic heterocycles. The lowest BCUT2D eigenvalue weighted by Crippen LogP contribution is -2.23. The number of hydrogen-bond donors (Lipinski definition) is 1. The van der Waals surface area contributed by atoms with E-state index in [1.165, 1.54) is 29.4 Å². The summed E-state index contributed by atoms with van der Waals surface area (Å²) in [6.45, 7) is 7.49. The third-order valence-corrected chi connectivity index (χ3v) is 6.38. The number of carbonyl (C=O) groups excluding carboxylic acids is 1. The minimum absolute atomic E-state index is 0.186. The number of imidazole rings is 1. The lowest BCUT2D eigenvalue weighted by molar-refractivity contribution is 0.168. The van der Waals surface area contributed by atoms with Crippen molar-refractivity contribution in [3.05, 3.63) is 54.6 Å². The van der Waals surface area contributed by atoms with Gasteiger partial charge in [-0.25, -0.2) is 28.2 Å². The molecule has 0 aliphatic rings. The Bertz CT molecular complexity index is 1160. The molecule has 0 saturated carbocycles. The highest BCUT2D eigenvalue weighted by Crippen LogP contribution is 2.23. The molecule has 10 nitrogen and oxygen atoms in total. The topological polar surface area (TPSA) is 119 Å². The number of aromatic nitrogens is 4. The van der Waals surface area contributed by atoms with Crippen molar-refractivity contribution in [3.8, 4) is 5.95 Å². The molecule has 3 rings (SSSR count). The first-order valence-corrected chi connectivity index (χ1v) is 11.8. The molecule has 3 aromatic rings. The van der Waals surface area contributed by atoms with Crippen molar-refractivity contribution in [2.45, 2.75) is 25.9 Å². The molecule has 2 aromatic heterocycles. The summed E-state index contributed by atoms with van der Waals surface area (Å²) in [5, 5.41) is 2.44. The molecule has 1 N–H and O–H groups in total. The predicted molar refractivity (Wildman–Crippen MR) is 121 cm³/mol. The molecule has 32 heavy (non-hydrogen) atoms. The molecular formula is C21H26N6O4S. The molecule has 11 heteroatoms. The molecule has 0 unspecified atom stereocenters. The van der Waals surface area contributed by atoms with Gasteiger partial charge in [0.15, 0.2) is 0 Å². The van der Waals surface area contributed by atoms with E-state index in [1.54, 1.807) is 12.1 Å². The fourth-order valence-electron chi connectivity index (χ4n) is 3.14. The second-order valence-electron chi connectivity index (χ2n) is 6.88. The van der Waals surface area contributed by atoms with E-state index in [0.717, 1.165) is 24.3 Å². The van der Waals surface area contributed by atoms with E-state index in [1.807, 2.05) is 19.1 Å². The van der Waals surface area contributed by atoms with Gasteiger partial charge in [0, 0.05) is 49.3 Å². The van der Waals surface area contributed by atoms with Crippen LogP contribution in [0.15, 0.2) is 54.2 Å². The summed E-state index contributed by atoms with van der Waals surface area (Å²) in [5.41, 5.74) is 2.55. The summed E-state index contributed by atoms with van der Waals surface area (Å²) in [6, 6.07) is 7.34. The standard InChI is InChI=1S/C21H26N6O4S/c1-4-26(5-2)17-7-8-18(16(3)15-17)25-21(28)31-13-14-32(29,30)20-24-11-12-27(20)19-22-9-6-10-23-19/h6-12,15H,4-5,13-14H2,1-3H3,(H,25,28). The van der Waals surface area contributed by atoms with Crippen LogP contribution in [0.2, 0.25) is 0 Å². The highest BCUT2D eigenvalue weighted by molar-refractivity contribution is 7.91. The second kappa shape index (κ2) is 10.2. The summed E-state index contributed by atoms with van der Waals surface area (Å²) < 4.78 is 31.7. The largest absolute Gasteiger partial charge is 0.448 e. The molecule has 1 amide bonds. The molecule has 0 aliphatic carbocycles. The molecule has 1 aromatic carbocycles. The van der Waals surface area contributed by atoms with Crippen molar-refractivity contribution >= 4 is 27.3 Å². The van der Waals surface area contributed by atoms with E-state index in [9.17, 15) is 13.2 Å². The molecule has 2 heterocycles. The smallest absolute Gasteiger partial charge is 0.411 e. The number of ether oxygens (including phenoxy) is 1. The molecule has 0 radical (unpaired) electrons. The highest BCUT2D eigenvalue weighted by atomic mass is 32.2. The van der Waals surface area contributed by atoms with Gasteiger partial charge in [-0.2, -0.15) is 0 Å². The van der Waals surface area contributed by atoms with Gasteiger partial charge in [0.25, 0.3) is 0 Å². The van der Waals surface area contributed by atoms with E-state index in [0.29, 0.717) is 5.69 Å². The first kappa shape index (κ1) is 23.2. The average Bonchev–Trinajstić information content (AvgIpc) is 3.28. The quantitative estimate of drug-likeness (QED) is 0.520. The number of anilines is 2. The number of rotatable bonds is 9. The lowest BCUT2D eigenvalue weighted by atomic mass is 10.1. The molecule has 0 fully saturated rings. The van der Waals surface area contributed by atoms with Crippen molar-refractivity contribution < 1.29 is 17.9 Å². The molecule has 0 spiro atoms. The van der Waals surface area contributed by atoms with E-state index < -0.39 is 21.7 Å². The van der Waals surface area contributed by atoms with Crippen LogP contribution in [0.1, 0.15) is 19.4 Å². The van der Waals surface area contributed by atoms with Crippen LogP contribution >= 0.6 is 0 Å². The Morgan fingerprint density at radius 2 is 1.84 bits per heavy atom. The van der Waals surface area contributed by atoms with E-state index in [2.05, 4.69) is 39.0 Å². The number of aryl methyl sites for hydroxylation is 1. The molecule has 0 saturated heterocycles. The van der Waals surface area contributed by atoms with Crippen LogP contribution in [0.25, 0.3) is 5.95 Å². The lowest BCUT2D eigenvalue weighted by Gasteiger charge is -2.22. The maximum Gasteiger partial charge on any atom is 0.411 e. The molecular weight excluding hydrogens is 432 g/mol. The monoisotopic (exact) mass is 458 g/mol. The zero-order chi connectivity index (χ0) is 23.1. The SMILES string of the molecule is CCN(CC)c1ccc(NC(=O)OCCS(=O)(=O)c2nccn2-c2ncccn2)c(C)c1. The molecule has 0 bridgehead atoms. The summed E-state index contributed by atoms with van der Waals surface area (Å²) in [5.74, 6) is -0.240. The van der Waals surface area contributed by atoms with Crippen molar-refractivity contribution in [1.82, 2.24) is 19.5 Å². The number of amides is 1. The second-order valence-corrected chi connectivity index (χ2v) is 8.88. The van der Waals surface area contributed by atoms with Crippen LogP contribution in [0.5, 0.6) is 0 Å². The normalized spacial score (nSPS) is 11.2. The maximum absolute atomic E-state index is 12.7. The van der Waals surface area contributed by atoms with Gasteiger partial charge in [-0.05, 0) is 50.6 Å². The Hall–Kier alpha value is -3.47. The van der Waals surface area contributed by atoms with Crippen molar-refractivity contribution in [3.63, 3.8) is 0 Å². The van der Waals surface area contributed by atoms with Crippen molar-refractivity contribution in [1.29, 1.82) is 0 Å². The van der Waals surface area contributed by atoms with Gasteiger partial charge in [0.1, 0.15) is 6.61 Å². The van der Waals surface area contributed by atoms with Gasteiger partial charge in [-0.3, -0.25) is 9.88 Å². The third kappa shape index (κ3) is 5.41. The predicted octanol–water partition coefficient (Wildman–Crippen LogP) is 2.84. The van der Waals surface area contributed by atoms with Crippen molar-refractivity contribution in [2.75, 3.05) is 35.7 Å². The molecule has 170 valence electrons. The van der Waals surface area contributed by atoms with Crippen molar-refractivity contribution in [2.24, 2.45) is 0 Å². The van der Waals surface area contributed by atoms with Gasteiger partial charge in [0.2, 0.25) is 20.9 Å². The minimum atomic E-state index is -3.83. The van der Waals surface area contributed by atoms with Gasteiger partial charge < -0.3 is 9.64 Å². The Balaban J connectivity index is 1.59. The summed E-state index contributed by atoms with van der Waals surface area (Å²) >= 11 is 0. The summed E-state index contributed by atoms with van der Waals surface area (Å²) in [6.07, 6.45) is 5.08. The highest BCUT2D eigenvalue weighted by Gasteiger charge is 2.23. The zero-order valence-electron chi connectivity index (χ0n) is 18.2. The Kier molecular flexibility index (Phi) is 7.41. The zero-order valence-corrected chi connectivity index (χ0v) is 19.0. The van der Waals surface area contributed by atoms with Crippen LogP contribution in [0, 0.1) is 6.92 Å². The maximum atomic E-state index is 12.7. The third-order valence-electron chi connectivity index (χ3n) is 4.81. The number of benzene rings is 1. The van der Waals surface area contributed by atoms with Crippen LogP contribution in [-0.4, -0.2) is 59.5 Å². The van der Waals surface area contributed by atoms with Gasteiger partial charge >= 0.3 is 6.09 Å². The van der Waals surface area contributed by atoms with E-state index >= 15 is 0 Å². The minimum Gasteiger partial charge on any atom is -0.448 e.